The number of hydrogen-bond donors (Lipinski definition) is 1. The molecule has 0 radical (unpaired) electrons. The first-order chi connectivity index (χ1) is 10.3. The molecule has 1 aromatic heterocycles. The van der Waals surface area contributed by atoms with Crippen LogP contribution in [0.5, 0.6) is 0 Å². The molecule has 0 aromatic carbocycles. The maximum absolute atomic E-state index is 6.61. The van der Waals surface area contributed by atoms with E-state index in [1.165, 1.54) is 44.9 Å². The Hall–Kier alpha value is -0.900. The van der Waals surface area contributed by atoms with Crippen LogP contribution in [-0.4, -0.2) is 10.1 Å². The van der Waals surface area contributed by atoms with Gasteiger partial charge in [0.15, 0.2) is 5.82 Å². The van der Waals surface area contributed by atoms with E-state index in [-0.39, 0.29) is 5.54 Å². The normalized spacial score (nSPS) is 43.6. The fourth-order valence-corrected chi connectivity index (χ4v) is 5.81. The van der Waals surface area contributed by atoms with Crippen molar-refractivity contribution < 1.29 is 4.52 Å². The van der Waals surface area contributed by atoms with Gasteiger partial charge in [-0.25, -0.2) is 0 Å². The highest BCUT2D eigenvalue weighted by molar-refractivity contribution is 5.23. The molecule has 4 unspecified atom stereocenters. The summed E-state index contributed by atoms with van der Waals surface area (Å²) in [6.07, 6.45) is 11.3. The van der Waals surface area contributed by atoms with Crippen LogP contribution in [0, 0.1) is 23.7 Å². The summed E-state index contributed by atoms with van der Waals surface area (Å²) in [6, 6.07) is 0. The molecule has 2 bridgehead atoms. The van der Waals surface area contributed by atoms with E-state index >= 15 is 0 Å². The quantitative estimate of drug-likeness (QED) is 0.847. The van der Waals surface area contributed by atoms with Gasteiger partial charge in [0, 0.05) is 5.92 Å². The molecule has 4 heteroatoms. The third-order valence-electron chi connectivity index (χ3n) is 6.90. The summed E-state index contributed by atoms with van der Waals surface area (Å²) in [5, 5.41) is 4.30. The molecule has 4 atom stereocenters. The summed E-state index contributed by atoms with van der Waals surface area (Å²) in [4.78, 5) is 4.79. The number of fused-ring (bicyclic) bond motifs is 5. The fraction of sp³-hybridized carbons (Fsp3) is 0.882. The molecule has 5 rings (SSSR count). The van der Waals surface area contributed by atoms with Gasteiger partial charge in [-0.05, 0) is 55.8 Å². The van der Waals surface area contributed by atoms with Crippen molar-refractivity contribution in [3.8, 4) is 0 Å². The van der Waals surface area contributed by atoms with Crippen LogP contribution in [0.2, 0.25) is 0 Å². The Balaban J connectivity index is 1.38. The summed E-state index contributed by atoms with van der Waals surface area (Å²) >= 11 is 0. The standard InChI is InChI=1S/C17H25N3O/c18-17(7-3-1-2-4-8-17)16-19-15(21-20-16)14-12-10-5-6-11(9-10)13(12)14/h10-14H,1-9,18H2. The zero-order valence-corrected chi connectivity index (χ0v) is 12.6. The van der Waals surface area contributed by atoms with Crippen LogP contribution in [0.15, 0.2) is 4.52 Å². The first-order valence-corrected chi connectivity index (χ1v) is 8.89. The molecule has 4 fully saturated rings. The third-order valence-corrected chi connectivity index (χ3v) is 6.90. The Morgan fingerprint density at radius 2 is 1.67 bits per heavy atom. The van der Waals surface area contributed by atoms with Crippen molar-refractivity contribution in [1.29, 1.82) is 0 Å². The molecule has 0 spiro atoms. The van der Waals surface area contributed by atoms with Gasteiger partial charge in [0.2, 0.25) is 5.89 Å². The van der Waals surface area contributed by atoms with E-state index in [1.54, 1.807) is 0 Å². The molecule has 2 N–H and O–H groups in total. The second-order valence-electron chi connectivity index (χ2n) is 8.04. The van der Waals surface area contributed by atoms with Crippen molar-refractivity contribution >= 4 is 0 Å². The summed E-state index contributed by atoms with van der Waals surface area (Å²) in [5.74, 6) is 5.89. The second-order valence-corrected chi connectivity index (χ2v) is 8.04. The van der Waals surface area contributed by atoms with Crippen LogP contribution in [0.1, 0.15) is 75.4 Å². The van der Waals surface area contributed by atoms with Crippen LogP contribution >= 0.6 is 0 Å². The molecule has 0 saturated heterocycles. The molecular weight excluding hydrogens is 262 g/mol. The zero-order chi connectivity index (χ0) is 14.0. The molecule has 21 heavy (non-hydrogen) atoms. The summed E-state index contributed by atoms with van der Waals surface area (Å²) in [7, 11) is 0. The summed E-state index contributed by atoms with van der Waals surface area (Å²) in [6.45, 7) is 0. The molecule has 114 valence electrons. The highest BCUT2D eigenvalue weighted by atomic mass is 16.5. The molecule has 4 nitrogen and oxygen atoms in total. The Morgan fingerprint density at radius 1 is 1.00 bits per heavy atom. The molecule has 0 aliphatic heterocycles. The van der Waals surface area contributed by atoms with Gasteiger partial charge in [-0.15, -0.1) is 0 Å². The topological polar surface area (TPSA) is 64.9 Å². The molecule has 4 aliphatic carbocycles. The highest BCUT2D eigenvalue weighted by Gasteiger charge is 2.67. The predicted octanol–water partition coefficient (Wildman–Crippen LogP) is 3.34. The van der Waals surface area contributed by atoms with Crippen molar-refractivity contribution in [2.45, 2.75) is 69.2 Å². The maximum atomic E-state index is 6.61. The lowest BCUT2D eigenvalue weighted by molar-refractivity contribution is 0.319. The Kier molecular flexibility index (Phi) is 2.59. The lowest BCUT2D eigenvalue weighted by Crippen LogP contribution is -2.37. The van der Waals surface area contributed by atoms with Gasteiger partial charge in [-0.2, -0.15) is 4.98 Å². The maximum Gasteiger partial charge on any atom is 0.230 e. The number of hydrogen-bond acceptors (Lipinski definition) is 4. The third kappa shape index (κ3) is 1.77. The fourth-order valence-electron chi connectivity index (χ4n) is 5.81. The molecule has 0 amide bonds. The van der Waals surface area contributed by atoms with E-state index in [9.17, 15) is 0 Å². The number of nitrogens with zero attached hydrogens (tertiary/aromatic N) is 2. The smallest absolute Gasteiger partial charge is 0.230 e. The lowest BCUT2D eigenvalue weighted by atomic mass is 9.91. The first kappa shape index (κ1) is 12.6. The van der Waals surface area contributed by atoms with E-state index in [0.717, 1.165) is 48.2 Å². The van der Waals surface area contributed by atoms with Gasteiger partial charge in [0.25, 0.3) is 0 Å². The minimum atomic E-state index is -0.332. The molecular formula is C17H25N3O. The van der Waals surface area contributed by atoms with Crippen molar-refractivity contribution in [2.24, 2.45) is 29.4 Å². The number of rotatable bonds is 2. The van der Waals surface area contributed by atoms with Crippen molar-refractivity contribution in [3.05, 3.63) is 11.7 Å². The van der Waals surface area contributed by atoms with Gasteiger partial charge in [0.1, 0.15) is 0 Å². The van der Waals surface area contributed by atoms with Crippen LogP contribution < -0.4 is 5.73 Å². The van der Waals surface area contributed by atoms with Crippen LogP contribution in [0.25, 0.3) is 0 Å². The van der Waals surface area contributed by atoms with Crippen LogP contribution in [-0.2, 0) is 5.54 Å². The molecule has 1 heterocycles. The van der Waals surface area contributed by atoms with Gasteiger partial charge in [-0.1, -0.05) is 30.8 Å². The lowest BCUT2D eigenvalue weighted by Gasteiger charge is -2.23. The number of nitrogens with two attached hydrogens (primary N) is 1. The molecule has 1 aromatic rings. The molecule has 4 aliphatic rings. The largest absolute Gasteiger partial charge is 0.339 e. The Labute approximate surface area is 125 Å². The van der Waals surface area contributed by atoms with E-state index in [1.807, 2.05) is 0 Å². The predicted molar refractivity (Wildman–Crippen MR) is 78.4 cm³/mol. The van der Waals surface area contributed by atoms with Gasteiger partial charge in [0.05, 0.1) is 5.54 Å². The first-order valence-electron chi connectivity index (χ1n) is 8.89. The van der Waals surface area contributed by atoms with E-state index < -0.39 is 0 Å². The second kappa shape index (κ2) is 4.31. The Bertz CT molecular complexity index is 530. The SMILES string of the molecule is NC1(c2noc(C3C4C5CCC(C5)C34)n2)CCCCCC1. The van der Waals surface area contributed by atoms with Gasteiger partial charge >= 0.3 is 0 Å². The van der Waals surface area contributed by atoms with Crippen LogP contribution in [0.3, 0.4) is 0 Å². The average Bonchev–Trinajstić information content (AvgIpc) is 2.83. The summed E-state index contributed by atoms with van der Waals surface area (Å²) < 4.78 is 5.67. The van der Waals surface area contributed by atoms with Crippen molar-refractivity contribution in [1.82, 2.24) is 10.1 Å². The number of aromatic nitrogens is 2. The highest BCUT2D eigenvalue weighted by Crippen LogP contribution is 2.72. The zero-order valence-electron chi connectivity index (χ0n) is 12.6. The van der Waals surface area contributed by atoms with Gasteiger partial charge in [-0.3, -0.25) is 0 Å². The van der Waals surface area contributed by atoms with Crippen molar-refractivity contribution in [2.75, 3.05) is 0 Å². The average molecular weight is 287 g/mol. The minimum absolute atomic E-state index is 0.332. The van der Waals surface area contributed by atoms with Gasteiger partial charge < -0.3 is 10.3 Å². The monoisotopic (exact) mass is 287 g/mol. The van der Waals surface area contributed by atoms with E-state index in [2.05, 4.69) is 5.16 Å². The molecule has 4 saturated carbocycles. The van der Waals surface area contributed by atoms with E-state index in [4.69, 9.17) is 15.2 Å². The van der Waals surface area contributed by atoms with Crippen molar-refractivity contribution in [3.63, 3.8) is 0 Å². The Morgan fingerprint density at radius 3 is 2.33 bits per heavy atom. The summed E-state index contributed by atoms with van der Waals surface area (Å²) in [5.41, 5.74) is 6.28. The van der Waals surface area contributed by atoms with E-state index in [0.29, 0.717) is 5.92 Å². The minimum Gasteiger partial charge on any atom is -0.339 e. The van der Waals surface area contributed by atoms with Crippen LogP contribution in [0.4, 0.5) is 0 Å².